The average molecular weight is 433 g/mol. The largest absolute Gasteiger partial charge is 0.356 e. The van der Waals surface area contributed by atoms with Crippen LogP contribution in [0.5, 0.6) is 0 Å². The van der Waals surface area contributed by atoms with Gasteiger partial charge in [0.2, 0.25) is 11.8 Å². The zero-order valence-electron chi connectivity index (χ0n) is 16.4. The highest BCUT2D eigenvalue weighted by Gasteiger charge is 2.25. The lowest BCUT2D eigenvalue weighted by atomic mass is 10.1. The number of fused-ring (bicyclic) bond motifs is 1. The summed E-state index contributed by atoms with van der Waals surface area (Å²) in [6.07, 6.45) is 0.589. The number of amides is 2. The fourth-order valence-electron chi connectivity index (χ4n) is 3.03. The van der Waals surface area contributed by atoms with Gasteiger partial charge in [0, 0.05) is 17.9 Å². The first-order valence-electron chi connectivity index (χ1n) is 9.41. The van der Waals surface area contributed by atoms with Gasteiger partial charge in [-0.1, -0.05) is 29.8 Å². The Morgan fingerprint density at radius 3 is 2.76 bits per heavy atom. The molecule has 0 spiro atoms. The standard InChI is InChI=1S/C21H24N2O4S2/c1-14-4-3-5-16(12-14)8-10-22-20(24)9-11-29(26,27)17-6-7-19-18(13-17)23-21(25)15(2)28-19/h3-7,12-13,15H,8-11H2,1-2H3,(H,22,24)(H,23,25)/t15-/m1/s1. The van der Waals surface area contributed by atoms with Crippen molar-refractivity contribution in [3.63, 3.8) is 0 Å². The number of carbonyl (C=O) groups excluding carboxylic acids is 2. The Bertz CT molecular complexity index is 1030. The summed E-state index contributed by atoms with van der Waals surface area (Å²) in [5.74, 6) is -0.721. The van der Waals surface area contributed by atoms with Crippen LogP contribution in [0.25, 0.3) is 0 Å². The van der Waals surface area contributed by atoms with Crippen molar-refractivity contribution in [2.45, 2.75) is 41.7 Å². The number of anilines is 1. The maximum absolute atomic E-state index is 12.6. The lowest BCUT2D eigenvalue weighted by molar-refractivity contribution is -0.120. The number of benzene rings is 2. The Morgan fingerprint density at radius 2 is 2.00 bits per heavy atom. The van der Waals surface area contributed by atoms with E-state index in [1.807, 2.05) is 25.1 Å². The third-order valence-electron chi connectivity index (χ3n) is 4.66. The molecule has 1 atom stereocenters. The topological polar surface area (TPSA) is 92.3 Å². The van der Waals surface area contributed by atoms with Crippen molar-refractivity contribution in [2.75, 3.05) is 17.6 Å². The molecule has 2 N–H and O–H groups in total. The smallest absolute Gasteiger partial charge is 0.237 e. The molecule has 3 rings (SSSR count). The fraction of sp³-hybridized carbons (Fsp3) is 0.333. The minimum absolute atomic E-state index is 0.106. The average Bonchev–Trinajstić information content (AvgIpc) is 2.67. The number of hydrogen-bond acceptors (Lipinski definition) is 5. The zero-order valence-corrected chi connectivity index (χ0v) is 18.0. The minimum Gasteiger partial charge on any atom is -0.356 e. The van der Waals surface area contributed by atoms with E-state index >= 15 is 0 Å². The Labute approximate surface area is 175 Å². The molecule has 0 unspecified atom stereocenters. The Kier molecular flexibility index (Phi) is 6.64. The van der Waals surface area contributed by atoms with Crippen molar-refractivity contribution < 1.29 is 18.0 Å². The van der Waals surface area contributed by atoms with Crippen molar-refractivity contribution in [1.82, 2.24) is 5.32 Å². The fourth-order valence-corrected chi connectivity index (χ4v) is 5.22. The molecule has 2 amide bonds. The summed E-state index contributed by atoms with van der Waals surface area (Å²) in [4.78, 5) is 24.8. The van der Waals surface area contributed by atoms with Crippen LogP contribution in [0.1, 0.15) is 24.5 Å². The number of carbonyl (C=O) groups is 2. The van der Waals surface area contributed by atoms with Crippen molar-refractivity contribution in [3.8, 4) is 0 Å². The van der Waals surface area contributed by atoms with Crippen LogP contribution >= 0.6 is 11.8 Å². The van der Waals surface area contributed by atoms with Crippen LogP contribution < -0.4 is 10.6 Å². The molecule has 154 valence electrons. The monoisotopic (exact) mass is 432 g/mol. The molecule has 0 bridgehead atoms. The molecule has 1 aliphatic heterocycles. The SMILES string of the molecule is Cc1cccc(CCNC(=O)CCS(=O)(=O)c2ccc3c(c2)NC(=O)[C@@H](C)S3)c1. The van der Waals surface area contributed by atoms with Crippen LogP contribution in [0.4, 0.5) is 5.69 Å². The summed E-state index contributed by atoms with van der Waals surface area (Å²) < 4.78 is 25.2. The number of hydrogen-bond donors (Lipinski definition) is 2. The van der Waals surface area contributed by atoms with Crippen LogP contribution in [0.15, 0.2) is 52.3 Å². The van der Waals surface area contributed by atoms with Crippen molar-refractivity contribution in [3.05, 3.63) is 53.6 Å². The van der Waals surface area contributed by atoms with Crippen molar-refractivity contribution in [1.29, 1.82) is 0 Å². The summed E-state index contributed by atoms with van der Waals surface area (Å²) >= 11 is 1.39. The van der Waals surface area contributed by atoms with Crippen molar-refractivity contribution in [2.24, 2.45) is 0 Å². The molecule has 0 saturated heterocycles. The first kappa shape index (κ1) is 21.4. The van der Waals surface area contributed by atoms with E-state index in [0.29, 0.717) is 18.7 Å². The van der Waals surface area contributed by atoms with Gasteiger partial charge >= 0.3 is 0 Å². The van der Waals surface area contributed by atoms with Gasteiger partial charge in [0.1, 0.15) is 0 Å². The molecular weight excluding hydrogens is 408 g/mol. The van der Waals surface area contributed by atoms with E-state index in [9.17, 15) is 18.0 Å². The van der Waals surface area contributed by atoms with E-state index in [0.717, 1.165) is 16.0 Å². The van der Waals surface area contributed by atoms with Gasteiger partial charge in [0.25, 0.3) is 0 Å². The molecule has 6 nitrogen and oxygen atoms in total. The minimum atomic E-state index is -3.62. The zero-order chi connectivity index (χ0) is 21.0. The summed E-state index contributed by atoms with van der Waals surface area (Å²) in [7, 11) is -3.62. The summed E-state index contributed by atoms with van der Waals surface area (Å²) in [5.41, 5.74) is 2.79. The van der Waals surface area contributed by atoms with Gasteiger partial charge in [-0.05, 0) is 44.0 Å². The van der Waals surface area contributed by atoms with Gasteiger partial charge in [-0.25, -0.2) is 8.42 Å². The molecule has 0 saturated carbocycles. The molecule has 1 heterocycles. The number of nitrogens with one attached hydrogen (secondary N) is 2. The Balaban J connectivity index is 1.54. The number of aryl methyl sites for hydroxylation is 1. The third kappa shape index (κ3) is 5.61. The summed E-state index contributed by atoms with van der Waals surface area (Å²) in [6.45, 7) is 4.27. The number of thioether (sulfide) groups is 1. The Hall–Kier alpha value is -2.32. The van der Waals surface area contributed by atoms with Crippen LogP contribution in [0.2, 0.25) is 0 Å². The highest BCUT2D eigenvalue weighted by molar-refractivity contribution is 8.01. The van der Waals surface area contributed by atoms with E-state index in [4.69, 9.17) is 0 Å². The molecule has 0 fully saturated rings. The van der Waals surface area contributed by atoms with Gasteiger partial charge in [0.05, 0.1) is 21.6 Å². The van der Waals surface area contributed by atoms with Gasteiger partial charge in [-0.3, -0.25) is 9.59 Å². The van der Waals surface area contributed by atoms with E-state index < -0.39 is 9.84 Å². The highest BCUT2D eigenvalue weighted by atomic mass is 32.2. The van der Waals surface area contributed by atoms with Crippen LogP contribution in [0.3, 0.4) is 0 Å². The number of rotatable bonds is 7. The summed E-state index contributed by atoms with van der Waals surface area (Å²) in [6, 6.07) is 12.7. The molecule has 0 radical (unpaired) electrons. The predicted molar refractivity (Wildman–Crippen MR) is 115 cm³/mol. The lowest BCUT2D eigenvalue weighted by Crippen LogP contribution is -2.28. The molecule has 0 aromatic heterocycles. The quantitative estimate of drug-likeness (QED) is 0.702. The normalized spacial score (nSPS) is 16.1. The van der Waals surface area contributed by atoms with Crippen molar-refractivity contribution >= 4 is 39.1 Å². The molecule has 2 aromatic carbocycles. The first-order valence-corrected chi connectivity index (χ1v) is 11.9. The Morgan fingerprint density at radius 1 is 1.21 bits per heavy atom. The van der Waals surface area contributed by atoms with Gasteiger partial charge in [-0.2, -0.15) is 0 Å². The van der Waals surface area contributed by atoms with E-state index in [1.165, 1.54) is 23.9 Å². The van der Waals surface area contributed by atoms with Crippen LogP contribution in [-0.2, 0) is 25.8 Å². The van der Waals surface area contributed by atoms with E-state index in [-0.39, 0.29) is 34.1 Å². The first-order chi connectivity index (χ1) is 13.7. The molecule has 2 aromatic rings. The molecule has 1 aliphatic rings. The van der Waals surface area contributed by atoms with E-state index in [2.05, 4.69) is 16.7 Å². The second kappa shape index (κ2) is 9.00. The summed E-state index contributed by atoms with van der Waals surface area (Å²) in [5, 5.41) is 5.29. The van der Waals surface area contributed by atoms with Gasteiger partial charge in [0.15, 0.2) is 9.84 Å². The molecule has 8 heteroatoms. The molecule has 0 aliphatic carbocycles. The van der Waals surface area contributed by atoms with Gasteiger partial charge in [-0.15, -0.1) is 11.8 Å². The maximum atomic E-state index is 12.6. The predicted octanol–water partition coefficient (Wildman–Crippen LogP) is 2.95. The highest BCUT2D eigenvalue weighted by Crippen LogP contribution is 2.36. The second-order valence-corrected chi connectivity index (χ2v) is 10.6. The third-order valence-corrected chi connectivity index (χ3v) is 7.55. The number of sulfone groups is 1. The second-order valence-electron chi connectivity index (χ2n) is 7.07. The maximum Gasteiger partial charge on any atom is 0.237 e. The molecule has 29 heavy (non-hydrogen) atoms. The van der Waals surface area contributed by atoms with Crippen LogP contribution in [-0.4, -0.2) is 37.8 Å². The lowest BCUT2D eigenvalue weighted by Gasteiger charge is -2.21. The van der Waals surface area contributed by atoms with E-state index in [1.54, 1.807) is 13.0 Å². The van der Waals surface area contributed by atoms with Gasteiger partial charge < -0.3 is 10.6 Å². The molecular formula is C21H24N2O4S2. The van der Waals surface area contributed by atoms with Crippen LogP contribution in [0, 0.1) is 6.92 Å².